The molecule has 48 heteroatoms. The van der Waals surface area contributed by atoms with Crippen molar-refractivity contribution >= 4 is 263 Å². The first-order chi connectivity index (χ1) is 70.1. The Balaban J connectivity index is 0.000000842. The minimum absolute atomic E-state index is 0.0421. The summed E-state index contributed by atoms with van der Waals surface area (Å²) in [5.74, 6) is 1.41. The molecule has 0 aliphatic carbocycles. The molecule has 8 atom stereocenters. The first kappa shape index (κ1) is 135. The quantitative estimate of drug-likeness (QED) is 0.0160. The number of nitrogens with zero attached hydrogens (tertiary/aromatic N) is 9. The zero-order chi connectivity index (χ0) is 110. The van der Waals surface area contributed by atoms with Crippen LogP contribution in [-0.4, -0.2) is 157 Å². The highest BCUT2D eigenvalue weighted by Crippen LogP contribution is 2.40. The Morgan fingerprint density at radius 2 is 0.619 bits per heavy atom. The maximum Gasteiger partial charge on any atom is 0.416 e. The topological polar surface area (TPSA) is 347 Å². The van der Waals surface area contributed by atoms with Crippen molar-refractivity contribution in [3.63, 3.8) is 0 Å². The fourth-order valence-electron chi connectivity index (χ4n) is 10.4. The van der Waals surface area contributed by atoms with Gasteiger partial charge in [0.25, 0.3) is 0 Å². The Morgan fingerprint density at radius 1 is 0.354 bits per heavy atom. The van der Waals surface area contributed by atoms with Gasteiger partial charge in [0.15, 0.2) is 11.5 Å². The number of thiocarbonyl (C=S) groups is 8. The van der Waals surface area contributed by atoms with Crippen molar-refractivity contribution in [1.29, 1.82) is 5.26 Å². The Morgan fingerprint density at radius 3 is 0.898 bits per heavy atom. The molecule has 8 unspecified atom stereocenters. The zero-order valence-corrected chi connectivity index (χ0v) is 96.2. The van der Waals surface area contributed by atoms with Crippen LogP contribution in [0.1, 0.15) is 95.9 Å². The second kappa shape index (κ2) is 80.4. The lowest BCUT2D eigenvalue weighted by Crippen LogP contribution is -2.12. The van der Waals surface area contributed by atoms with Crippen molar-refractivity contribution in [3.05, 3.63) is 304 Å². The lowest BCUT2D eigenvalue weighted by Gasteiger charge is -2.13. The number of isothiocyanates is 8. The Bertz CT molecular complexity index is 6570. The van der Waals surface area contributed by atoms with Gasteiger partial charge in [-0.2, -0.15) is 31.6 Å². The maximum absolute atomic E-state index is 12.7. The van der Waals surface area contributed by atoms with Crippen LogP contribution >= 0.6 is 125 Å². The van der Waals surface area contributed by atoms with Crippen molar-refractivity contribution in [3.8, 4) is 23.3 Å². The number of alkyl halides is 6. The van der Waals surface area contributed by atoms with E-state index in [9.17, 15) is 68.4 Å². The first-order valence-corrected chi connectivity index (χ1v) is 58.1. The number of rotatable bonds is 44. The summed E-state index contributed by atoms with van der Waals surface area (Å²) in [5.41, 5.74) is 2.31. The van der Waals surface area contributed by atoms with E-state index in [2.05, 4.69) is 201 Å². The molecule has 8 aromatic carbocycles. The van der Waals surface area contributed by atoms with Gasteiger partial charge in [0.2, 0.25) is 15.8 Å². The minimum atomic E-state index is -4.44. The summed E-state index contributed by atoms with van der Waals surface area (Å²) in [6, 6.07) is 43.9. The van der Waals surface area contributed by atoms with E-state index in [0.717, 1.165) is 67.4 Å². The number of sulfonamides is 1. The van der Waals surface area contributed by atoms with Gasteiger partial charge < -0.3 is 14.2 Å². The largest absolute Gasteiger partial charge is 0.493 e. The van der Waals surface area contributed by atoms with E-state index in [1.807, 2.05) is 98.8 Å². The van der Waals surface area contributed by atoms with Crippen LogP contribution in [0, 0.1) is 45.9 Å². The van der Waals surface area contributed by atoms with Gasteiger partial charge >= 0.3 is 12.4 Å². The Kier molecular flexibility index (Phi) is 74.1. The highest BCUT2D eigenvalue weighted by atomic mass is 79.9. The molecule has 0 radical (unpaired) electrons. The third kappa shape index (κ3) is 62.0. The van der Waals surface area contributed by atoms with Gasteiger partial charge in [0, 0.05) is 99.2 Å². The summed E-state index contributed by atoms with van der Waals surface area (Å²) in [7, 11) is -9.73. The minimum Gasteiger partial charge on any atom is -0.493 e. The van der Waals surface area contributed by atoms with Crippen molar-refractivity contribution < 1.29 is 82.6 Å². The number of primary sulfonamides is 1. The molecule has 0 aliphatic rings. The van der Waals surface area contributed by atoms with E-state index >= 15 is 0 Å². The number of nitriles is 1. The Hall–Kier alpha value is -9.57. The second-order valence-electron chi connectivity index (χ2n) is 28.2. The number of aryl methyl sites for hydroxylation is 5. The second-order valence-corrected chi connectivity index (χ2v) is 43.3. The van der Waals surface area contributed by atoms with E-state index in [1.54, 1.807) is 107 Å². The molecule has 23 nitrogen and oxygen atoms in total. The molecule has 0 amide bonds. The molecular weight excluding hydrogens is 2310 g/mol. The van der Waals surface area contributed by atoms with Gasteiger partial charge in [-0.15, -0.1) is 0 Å². The van der Waals surface area contributed by atoms with Crippen LogP contribution in [-0.2, 0) is 109 Å². The number of ether oxygens (including phenoxy) is 3. The summed E-state index contributed by atoms with van der Waals surface area (Å²) in [6.45, 7) is 12.7. The van der Waals surface area contributed by atoms with Crippen molar-refractivity contribution in [2.75, 3.05) is 73.7 Å². The van der Waals surface area contributed by atoms with Crippen LogP contribution in [0.2, 0.25) is 5.02 Å². The molecule has 8 aromatic rings. The number of methoxy groups -OCH3 is 3. The molecule has 0 bridgehead atoms. The normalized spacial score (nSPS) is 12.5. The van der Waals surface area contributed by atoms with Gasteiger partial charge in [0.05, 0.1) is 234 Å². The highest BCUT2D eigenvalue weighted by molar-refractivity contribution is 9.10. The van der Waals surface area contributed by atoms with E-state index < -0.39 is 120 Å². The Labute approximate surface area is 929 Å². The molecular formula is C99H100BrClF6N10O13S17. The predicted octanol–water partition coefficient (Wildman–Crippen LogP) is 25.9. The molecule has 0 aliphatic heterocycles. The molecule has 0 saturated carbocycles. The van der Waals surface area contributed by atoms with Crippen LogP contribution in [0.4, 0.5) is 26.3 Å². The third-order valence-corrected chi connectivity index (χ3v) is 29.1. The van der Waals surface area contributed by atoms with Gasteiger partial charge in [-0.25, -0.2) is 87.2 Å². The zero-order valence-electron chi connectivity index (χ0n) is 79.9. The van der Waals surface area contributed by atoms with E-state index in [-0.39, 0.29) is 14.7 Å². The van der Waals surface area contributed by atoms with Crippen LogP contribution in [0.3, 0.4) is 0 Å². The van der Waals surface area contributed by atoms with Gasteiger partial charge in [-0.1, -0.05) is 94.3 Å². The monoisotopic (exact) mass is 2410 g/mol. The molecule has 147 heavy (non-hydrogen) atoms. The van der Waals surface area contributed by atoms with E-state index in [1.165, 1.54) is 75.7 Å². The van der Waals surface area contributed by atoms with Crippen molar-refractivity contribution in [2.24, 2.45) is 45.1 Å². The lowest BCUT2D eigenvalue weighted by molar-refractivity contribution is -0.138. The summed E-state index contributed by atoms with van der Waals surface area (Å²) in [6.07, 6.45) is 10.2. The van der Waals surface area contributed by atoms with Crippen molar-refractivity contribution in [1.82, 2.24) is 0 Å². The van der Waals surface area contributed by atoms with Crippen molar-refractivity contribution in [2.45, 2.75) is 142 Å². The fraction of sp³-hybridized carbons (Fsp3) is 0.263. The van der Waals surface area contributed by atoms with E-state index in [4.69, 9.17) is 36.2 Å². The van der Waals surface area contributed by atoms with Gasteiger partial charge in [0.1, 0.15) is 0 Å². The summed E-state index contributed by atoms with van der Waals surface area (Å²) < 4.78 is 210. The number of hydrogen-bond acceptors (Lipinski definition) is 30. The van der Waals surface area contributed by atoms with Crippen LogP contribution in [0.15, 0.2) is 338 Å². The standard InChI is InChI=1S/C14H17NO4S2.2C13H12F3NOS2.C13H12N2OS2.C12H12ClNOS2.C12H14N2O3S3.C11H10BrNOS2.C11H11NOS2/c1-17-12-8-11(9-13(18-2)14(12)19-3)21(16)7-5-4-6-15-10-20;2*1-10-6-11(13(14,15)16)8-12(7-10)20(18)5-3-2-4-17-9-19;1-11-6-12(9-14)8-13(7-11)18(16)5-3-2-4-15-10-17;1-10-8-11(4-5-12(10)13)17(15)7-3-2-6-14-9-16;1-10-6-11(8-12(7-10)20(13,16)17)19(15)5-3-2-4-14-9-18;12-10-3-5-11(6-4-10)16(14)8-2-1-7-13-9-15;13-15(9-5-4-8-12-10-14)11-6-2-1-3-7-11/h5,7-9H,4,6H2,1-3H3;2*3,5-8H,2,4H2,1H3;3,5-8H,2,4H2,1H3;3-5,7-8H,2,6H2,1H3;3,5-8H,2,4H2,1H3,(H2,13,16,17);2-6,8H,1,7H2;1-3,5-7,9H,4,8H2/b7-5+;3*5-3+;7-3+;5-3+;8-2+;9-5+. The highest BCUT2D eigenvalue weighted by Gasteiger charge is 2.32. The fourth-order valence-corrected chi connectivity index (χ4v) is 19.9. The average molecular weight is 2410 g/mol. The molecule has 8 rings (SSSR count). The molecule has 2 N–H and O–H groups in total. The number of aliphatic imine (C=N–C) groups is 8. The van der Waals surface area contributed by atoms with Gasteiger partial charge in [-0.05, 0) is 339 Å². The molecule has 0 saturated heterocycles. The number of halogens is 8. The SMILES string of the molecule is COc1cc(S(=O)/C=C/CCN=C=S)cc(OC)c1OC.Cc1cc(C#N)cc(S(=O)/C=C/CCN=C=S)c1.Cc1cc(S(=O)/C=C/CCN=C=S)cc(C(F)(F)F)c1.Cc1cc(S(=O)/C=C/CCN=C=S)cc(C(F)(F)F)c1.Cc1cc(S(=O)/C=C/CCN=C=S)cc(S(N)(=O)=O)c1.Cc1cc(S(=O)/C=C/CCN=C=S)ccc1Cl.O=S(/C=C/CCN=C=S)c1ccc(Br)cc1.O=S(/C=C/CCN=C=S)c1ccccc1. The molecule has 0 fully saturated rings. The third-order valence-electron chi connectivity index (χ3n) is 17.0. The molecule has 0 aromatic heterocycles. The lowest BCUT2D eigenvalue weighted by atomic mass is 10.1. The number of benzene rings is 8. The molecule has 0 heterocycles. The van der Waals surface area contributed by atoms with Crippen LogP contribution < -0.4 is 19.3 Å². The van der Waals surface area contributed by atoms with Crippen LogP contribution in [0.5, 0.6) is 17.2 Å². The first-order valence-electron chi connectivity index (χ1n) is 42.4. The number of hydrogen-bond donors (Lipinski definition) is 1. The summed E-state index contributed by atoms with van der Waals surface area (Å²) in [5, 5.41) is 45.0. The number of nitrogens with two attached hydrogens (primary N) is 1. The summed E-state index contributed by atoms with van der Waals surface area (Å²) >= 11 is 44.6. The smallest absolute Gasteiger partial charge is 0.416 e. The maximum atomic E-state index is 12.7. The average Bonchev–Trinajstić information content (AvgIpc) is 0.817. The molecule has 0 spiro atoms. The summed E-state index contributed by atoms with van der Waals surface area (Å²) in [4.78, 5) is 34.0. The predicted molar refractivity (Wildman–Crippen MR) is 614 cm³/mol. The van der Waals surface area contributed by atoms with Gasteiger partial charge in [-0.3, -0.25) is 0 Å². The van der Waals surface area contributed by atoms with Crippen LogP contribution in [0.25, 0.3) is 0 Å². The molecule has 782 valence electrons. The van der Waals surface area contributed by atoms with E-state index in [0.29, 0.717) is 150 Å².